The van der Waals surface area contributed by atoms with Crippen LogP contribution in [0.4, 0.5) is 0 Å². The number of nitrogens with one attached hydrogen (secondary N) is 2. The highest BCUT2D eigenvalue weighted by atomic mass is 79.9. The number of hydrogen-bond donors (Lipinski definition) is 2. The topological polar surface area (TPSA) is 98.8 Å². The van der Waals surface area contributed by atoms with E-state index in [0.29, 0.717) is 48.2 Å². The number of amides is 4. The van der Waals surface area contributed by atoms with Gasteiger partial charge in [0.2, 0.25) is 0 Å². The highest BCUT2D eigenvalue weighted by molar-refractivity contribution is 8.93. The summed E-state index contributed by atoms with van der Waals surface area (Å²) in [7, 11) is 0. The Labute approximate surface area is 261 Å². The average molecular weight is 644 g/mol. The van der Waals surface area contributed by atoms with Crippen molar-refractivity contribution in [2.24, 2.45) is 0 Å². The van der Waals surface area contributed by atoms with Crippen LogP contribution in [0.25, 0.3) is 21.5 Å². The van der Waals surface area contributed by atoms with E-state index in [1.54, 1.807) is 24.3 Å². The molecule has 0 saturated carbocycles. The van der Waals surface area contributed by atoms with E-state index in [-0.39, 0.29) is 40.6 Å². The molecule has 2 N–H and O–H groups in total. The zero-order valence-corrected chi connectivity index (χ0v) is 25.6. The van der Waals surface area contributed by atoms with E-state index in [9.17, 15) is 19.2 Å². The Kier molecular flexibility index (Phi) is 9.65. The number of halogens is 1. The van der Waals surface area contributed by atoms with Crippen LogP contribution in [0.2, 0.25) is 0 Å². The number of hydrogen-bond acceptors (Lipinski definition) is 6. The van der Waals surface area contributed by atoms with E-state index in [1.807, 2.05) is 48.5 Å². The quantitative estimate of drug-likeness (QED) is 0.154. The van der Waals surface area contributed by atoms with Crippen molar-refractivity contribution in [3.05, 3.63) is 95.1 Å². The highest BCUT2D eigenvalue weighted by Gasteiger charge is 2.33. The predicted molar refractivity (Wildman–Crippen MR) is 173 cm³/mol. The Hall–Kier alpha value is -3.92. The molecule has 0 radical (unpaired) electrons. The molecule has 0 aliphatic carbocycles. The third-order valence-corrected chi connectivity index (χ3v) is 8.14. The smallest absolute Gasteiger partial charge is 0.261 e. The Morgan fingerprint density at radius 1 is 0.442 bits per heavy atom. The molecule has 6 rings (SSSR count). The SMILES string of the molecule is Br.O=C1c2cccc3cccc(c23)C(=O)N1CCCNCCCCNCCCN1C(=O)c2cccc3cccc(c23)C1=O. The molecule has 4 aromatic rings. The number of benzene rings is 4. The van der Waals surface area contributed by atoms with Gasteiger partial charge in [0.05, 0.1) is 0 Å². The predicted octanol–water partition coefficient (Wildman–Crippen LogP) is 5.20. The molecule has 0 fully saturated rings. The van der Waals surface area contributed by atoms with Crippen LogP contribution in [0, 0.1) is 0 Å². The molecule has 0 saturated heterocycles. The molecule has 2 heterocycles. The van der Waals surface area contributed by atoms with E-state index < -0.39 is 0 Å². The van der Waals surface area contributed by atoms with E-state index in [1.165, 1.54) is 9.80 Å². The van der Waals surface area contributed by atoms with Gasteiger partial charge in [-0.3, -0.25) is 29.0 Å². The standard InChI is InChI=1S/C34H34N4O4.BrH/c39-31-25-13-3-9-23-10-4-14-26(29(23)25)32(40)37(31)21-7-19-35-17-1-2-18-36-20-8-22-38-33(41)27-15-5-11-24-12-6-16-28(30(24)27)34(38)42;/h3-6,9-16,35-36H,1-2,7-8,17-22H2;1H. The molecule has 0 unspecified atom stereocenters. The van der Waals surface area contributed by atoms with Gasteiger partial charge in [0.15, 0.2) is 0 Å². The van der Waals surface area contributed by atoms with E-state index in [2.05, 4.69) is 10.6 Å². The third-order valence-electron chi connectivity index (χ3n) is 8.14. The van der Waals surface area contributed by atoms with Gasteiger partial charge in [0.1, 0.15) is 0 Å². The summed E-state index contributed by atoms with van der Waals surface area (Å²) < 4.78 is 0. The van der Waals surface area contributed by atoms with Gasteiger partial charge in [-0.15, -0.1) is 17.0 Å². The van der Waals surface area contributed by atoms with E-state index in [4.69, 9.17) is 0 Å². The minimum absolute atomic E-state index is 0. The van der Waals surface area contributed by atoms with Gasteiger partial charge >= 0.3 is 0 Å². The number of rotatable bonds is 13. The summed E-state index contributed by atoms with van der Waals surface area (Å²) >= 11 is 0. The number of unbranched alkanes of at least 4 members (excludes halogenated alkanes) is 1. The fraction of sp³-hybridized carbons (Fsp3) is 0.294. The second-order valence-electron chi connectivity index (χ2n) is 10.9. The van der Waals surface area contributed by atoms with Crippen LogP contribution in [0.1, 0.15) is 67.1 Å². The normalized spacial score (nSPS) is 14.1. The van der Waals surface area contributed by atoms with Crippen LogP contribution in [0.5, 0.6) is 0 Å². The number of imide groups is 2. The van der Waals surface area contributed by atoms with Gasteiger partial charge in [-0.1, -0.05) is 48.5 Å². The van der Waals surface area contributed by atoms with Gasteiger partial charge in [-0.05, 0) is 86.9 Å². The molecular weight excluding hydrogens is 608 g/mol. The maximum Gasteiger partial charge on any atom is 0.261 e. The lowest BCUT2D eigenvalue weighted by molar-refractivity contribution is 0.0593. The minimum Gasteiger partial charge on any atom is -0.317 e. The van der Waals surface area contributed by atoms with Crippen molar-refractivity contribution in [1.29, 1.82) is 0 Å². The molecule has 2 aliphatic heterocycles. The summed E-state index contributed by atoms with van der Waals surface area (Å²) in [5, 5.41) is 10.2. The highest BCUT2D eigenvalue weighted by Crippen LogP contribution is 2.31. The molecule has 4 aromatic carbocycles. The fourth-order valence-electron chi connectivity index (χ4n) is 6.04. The van der Waals surface area contributed by atoms with Crippen molar-refractivity contribution in [3.8, 4) is 0 Å². The number of carbonyl (C=O) groups is 4. The van der Waals surface area contributed by atoms with Crippen LogP contribution >= 0.6 is 17.0 Å². The van der Waals surface area contributed by atoms with Crippen molar-refractivity contribution in [2.45, 2.75) is 25.7 Å². The molecule has 9 heteroatoms. The van der Waals surface area contributed by atoms with Gasteiger partial charge in [-0.2, -0.15) is 0 Å². The monoisotopic (exact) mass is 642 g/mol. The largest absolute Gasteiger partial charge is 0.317 e. The van der Waals surface area contributed by atoms with Gasteiger partial charge < -0.3 is 10.6 Å². The summed E-state index contributed by atoms with van der Waals surface area (Å²) in [6.45, 7) is 3.94. The van der Waals surface area contributed by atoms with Crippen molar-refractivity contribution in [1.82, 2.24) is 20.4 Å². The first-order chi connectivity index (χ1) is 20.6. The second-order valence-corrected chi connectivity index (χ2v) is 10.9. The number of nitrogens with zero attached hydrogens (tertiary/aromatic N) is 2. The summed E-state index contributed by atoms with van der Waals surface area (Å²) in [5.74, 6) is -0.865. The lowest BCUT2D eigenvalue weighted by atomic mass is 9.94. The Bertz CT molecular complexity index is 1480. The zero-order chi connectivity index (χ0) is 29.1. The lowest BCUT2D eigenvalue weighted by Gasteiger charge is -2.27. The second kappa shape index (κ2) is 13.6. The fourth-order valence-corrected chi connectivity index (χ4v) is 6.04. The molecule has 4 amide bonds. The maximum absolute atomic E-state index is 13.0. The first-order valence-electron chi connectivity index (χ1n) is 14.7. The summed E-state index contributed by atoms with van der Waals surface area (Å²) in [4.78, 5) is 54.6. The maximum atomic E-state index is 13.0. The van der Waals surface area contributed by atoms with Crippen LogP contribution in [-0.2, 0) is 0 Å². The van der Waals surface area contributed by atoms with Crippen molar-refractivity contribution >= 4 is 62.2 Å². The Balaban J connectivity index is 0.00000368. The van der Waals surface area contributed by atoms with Gasteiger partial charge in [0.25, 0.3) is 23.6 Å². The zero-order valence-electron chi connectivity index (χ0n) is 23.9. The average Bonchev–Trinajstić information content (AvgIpc) is 3.01. The van der Waals surface area contributed by atoms with Crippen LogP contribution < -0.4 is 10.6 Å². The Morgan fingerprint density at radius 2 is 0.744 bits per heavy atom. The molecule has 0 spiro atoms. The van der Waals surface area contributed by atoms with Crippen LogP contribution in [0.3, 0.4) is 0 Å². The number of carbonyl (C=O) groups excluding carboxylic acids is 4. The molecular formula is C34H35BrN4O4. The molecule has 2 aliphatic rings. The minimum atomic E-state index is -0.216. The van der Waals surface area contributed by atoms with E-state index >= 15 is 0 Å². The molecule has 43 heavy (non-hydrogen) atoms. The summed E-state index contributed by atoms with van der Waals surface area (Å²) in [6, 6.07) is 22.3. The van der Waals surface area contributed by atoms with Gasteiger partial charge in [-0.25, -0.2) is 0 Å². The van der Waals surface area contributed by atoms with Crippen LogP contribution in [-0.4, -0.2) is 72.7 Å². The summed E-state index contributed by atoms with van der Waals surface area (Å²) in [6.07, 6.45) is 3.38. The third kappa shape index (κ3) is 5.98. The molecule has 8 nitrogen and oxygen atoms in total. The van der Waals surface area contributed by atoms with Gasteiger partial charge in [0, 0.05) is 46.1 Å². The van der Waals surface area contributed by atoms with Crippen LogP contribution in [0.15, 0.2) is 72.8 Å². The Morgan fingerprint density at radius 3 is 1.07 bits per heavy atom. The van der Waals surface area contributed by atoms with Crippen molar-refractivity contribution in [2.75, 3.05) is 39.3 Å². The molecule has 0 aromatic heterocycles. The lowest BCUT2D eigenvalue weighted by Crippen LogP contribution is -2.41. The first kappa shape index (κ1) is 30.5. The molecule has 0 bridgehead atoms. The van der Waals surface area contributed by atoms with Crippen molar-refractivity contribution in [3.63, 3.8) is 0 Å². The van der Waals surface area contributed by atoms with Crippen molar-refractivity contribution < 1.29 is 19.2 Å². The first-order valence-corrected chi connectivity index (χ1v) is 14.7. The molecule has 222 valence electrons. The van der Waals surface area contributed by atoms with E-state index in [0.717, 1.165) is 60.6 Å². The summed E-state index contributed by atoms with van der Waals surface area (Å²) in [5.41, 5.74) is 2.39. The molecule has 0 atom stereocenters.